The number of hydrogen-bond donors (Lipinski definition) is 2. The fourth-order valence-corrected chi connectivity index (χ4v) is 2.74. The Bertz CT molecular complexity index is 484. The number of nitrogens with one attached hydrogen (secondary N) is 2. The van der Waals surface area contributed by atoms with E-state index in [1.54, 1.807) is 0 Å². The zero-order valence-electron chi connectivity index (χ0n) is 14.3. The van der Waals surface area contributed by atoms with Gasteiger partial charge in [0.1, 0.15) is 0 Å². The van der Waals surface area contributed by atoms with Crippen LogP contribution >= 0.6 is 0 Å². The van der Waals surface area contributed by atoms with E-state index in [1.165, 1.54) is 11.1 Å². The van der Waals surface area contributed by atoms with E-state index in [2.05, 4.69) is 55.9 Å². The first-order valence-electron chi connectivity index (χ1n) is 8.15. The molecule has 1 aliphatic rings. The first-order chi connectivity index (χ1) is 10.4. The lowest BCUT2D eigenvalue weighted by Crippen LogP contribution is -2.33. The molecule has 22 heavy (non-hydrogen) atoms. The molecule has 1 saturated heterocycles. The summed E-state index contributed by atoms with van der Waals surface area (Å²) in [6.07, 6.45) is 1.40. The molecule has 2 rings (SSSR count). The molecule has 4 heteroatoms. The third kappa shape index (κ3) is 4.82. The molecule has 0 unspecified atom stereocenters. The maximum atomic E-state index is 12.2. The van der Waals surface area contributed by atoms with Crippen molar-refractivity contribution in [3.63, 3.8) is 0 Å². The molecule has 0 saturated carbocycles. The number of carbonyl (C=O) groups is 1. The van der Waals surface area contributed by atoms with Crippen LogP contribution in [0.5, 0.6) is 0 Å². The Balaban J connectivity index is 1.80. The molecule has 0 radical (unpaired) electrons. The van der Waals surface area contributed by atoms with Crippen molar-refractivity contribution in [3.05, 3.63) is 35.4 Å². The summed E-state index contributed by atoms with van der Waals surface area (Å²) in [5.74, 6) is 0.742. The molecule has 0 aliphatic carbocycles. The van der Waals surface area contributed by atoms with Gasteiger partial charge in [0.15, 0.2) is 0 Å². The largest absolute Gasteiger partial charge is 0.345 e. The highest BCUT2D eigenvalue weighted by Gasteiger charge is 2.19. The standard InChI is InChI=1S/C18H29N3O/c1-18(2,3)16-8-5-14(6-9-16)7-10-17(22)21(4)13-15-11-19-20-12-15/h5-6,8-9,15,19-20H,7,10-13H2,1-4H3. The predicted octanol–water partition coefficient (Wildman–Crippen LogP) is 2.10. The lowest BCUT2D eigenvalue weighted by Gasteiger charge is -2.21. The number of benzene rings is 1. The molecular formula is C18H29N3O. The highest BCUT2D eigenvalue weighted by molar-refractivity contribution is 5.76. The quantitative estimate of drug-likeness (QED) is 0.875. The zero-order chi connectivity index (χ0) is 16.2. The lowest BCUT2D eigenvalue weighted by molar-refractivity contribution is -0.130. The molecule has 1 amide bonds. The van der Waals surface area contributed by atoms with E-state index in [9.17, 15) is 4.79 Å². The third-order valence-electron chi connectivity index (χ3n) is 4.31. The van der Waals surface area contributed by atoms with Gasteiger partial charge in [-0.05, 0) is 23.0 Å². The van der Waals surface area contributed by atoms with Gasteiger partial charge in [-0.1, -0.05) is 45.0 Å². The van der Waals surface area contributed by atoms with Crippen molar-refractivity contribution in [2.75, 3.05) is 26.7 Å². The highest BCUT2D eigenvalue weighted by atomic mass is 16.2. The van der Waals surface area contributed by atoms with Crippen LogP contribution in [0.4, 0.5) is 0 Å². The molecule has 0 bridgehead atoms. The van der Waals surface area contributed by atoms with Crippen molar-refractivity contribution in [1.82, 2.24) is 15.8 Å². The Kier molecular flexibility index (Phi) is 5.59. The van der Waals surface area contributed by atoms with Crippen molar-refractivity contribution in [1.29, 1.82) is 0 Å². The Morgan fingerprint density at radius 1 is 1.18 bits per heavy atom. The minimum Gasteiger partial charge on any atom is -0.345 e. The summed E-state index contributed by atoms with van der Waals surface area (Å²) in [7, 11) is 1.91. The summed E-state index contributed by atoms with van der Waals surface area (Å²) in [4.78, 5) is 14.1. The molecule has 0 atom stereocenters. The van der Waals surface area contributed by atoms with Gasteiger partial charge in [-0.25, -0.2) is 0 Å². The van der Waals surface area contributed by atoms with Gasteiger partial charge in [-0.3, -0.25) is 15.6 Å². The minimum absolute atomic E-state index is 0.178. The van der Waals surface area contributed by atoms with Gasteiger partial charge in [0, 0.05) is 39.0 Å². The first kappa shape index (κ1) is 17.0. The first-order valence-corrected chi connectivity index (χ1v) is 8.15. The molecule has 1 aromatic carbocycles. The number of hydrogen-bond acceptors (Lipinski definition) is 3. The van der Waals surface area contributed by atoms with E-state index in [-0.39, 0.29) is 11.3 Å². The molecule has 1 aliphatic heterocycles. The van der Waals surface area contributed by atoms with Crippen LogP contribution in [0.25, 0.3) is 0 Å². The Morgan fingerprint density at radius 2 is 1.77 bits per heavy atom. The highest BCUT2D eigenvalue weighted by Crippen LogP contribution is 2.22. The second kappa shape index (κ2) is 7.25. The second-order valence-electron chi connectivity index (χ2n) is 7.35. The molecule has 122 valence electrons. The third-order valence-corrected chi connectivity index (χ3v) is 4.31. The van der Waals surface area contributed by atoms with E-state index in [0.29, 0.717) is 12.3 Å². The van der Waals surface area contributed by atoms with Gasteiger partial charge in [-0.15, -0.1) is 0 Å². The topological polar surface area (TPSA) is 44.4 Å². The minimum atomic E-state index is 0.178. The van der Waals surface area contributed by atoms with Crippen LogP contribution < -0.4 is 10.9 Å². The van der Waals surface area contributed by atoms with Gasteiger partial charge in [0.25, 0.3) is 0 Å². The Hall–Kier alpha value is -1.39. The summed E-state index contributed by atoms with van der Waals surface area (Å²) in [6, 6.07) is 8.66. The molecule has 2 N–H and O–H groups in total. The normalized spacial score (nSPS) is 16.0. The van der Waals surface area contributed by atoms with Gasteiger partial charge in [0.05, 0.1) is 0 Å². The SMILES string of the molecule is CN(CC1CNNC1)C(=O)CCc1ccc(C(C)(C)C)cc1. The van der Waals surface area contributed by atoms with E-state index in [4.69, 9.17) is 0 Å². The van der Waals surface area contributed by atoms with Crippen LogP contribution in [-0.2, 0) is 16.6 Å². The summed E-state index contributed by atoms with van der Waals surface area (Å²) in [5.41, 5.74) is 8.96. The van der Waals surface area contributed by atoms with Crippen LogP contribution in [0.2, 0.25) is 0 Å². The number of carbonyl (C=O) groups excluding carboxylic acids is 1. The van der Waals surface area contributed by atoms with E-state index >= 15 is 0 Å². The summed E-state index contributed by atoms with van der Waals surface area (Å²) >= 11 is 0. The fourth-order valence-electron chi connectivity index (χ4n) is 2.74. The molecule has 1 aromatic rings. The second-order valence-corrected chi connectivity index (χ2v) is 7.35. The number of hydrazine groups is 1. The van der Waals surface area contributed by atoms with Crippen molar-refractivity contribution < 1.29 is 4.79 Å². The lowest BCUT2D eigenvalue weighted by atomic mass is 9.86. The van der Waals surface area contributed by atoms with Crippen LogP contribution in [0.1, 0.15) is 38.3 Å². The molecule has 0 aromatic heterocycles. The monoisotopic (exact) mass is 303 g/mol. The van der Waals surface area contributed by atoms with Crippen molar-refractivity contribution >= 4 is 5.91 Å². The summed E-state index contributed by atoms with van der Waals surface area (Å²) in [6.45, 7) is 9.34. The molecule has 1 heterocycles. The van der Waals surface area contributed by atoms with Crippen LogP contribution in [0.3, 0.4) is 0 Å². The summed E-state index contributed by atoms with van der Waals surface area (Å²) in [5, 5.41) is 0. The Labute approximate surface area is 134 Å². The molecule has 4 nitrogen and oxygen atoms in total. The van der Waals surface area contributed by atoms with Crippen LogP contribution in [0, 0.1) is 5.92 Å². The zero-order valence-corrected chi connectivity index (χ0v) is 14.3. The number of nitrogens with zero attached hydrogens (tertiary/aromatic N) is 1. The van der Waals surface area contributed by atoms with Gasteiger partial charge < -0.3 is 4.90 Å². The van der Waals surface area contributed by atoms with Crippen molar-refractivity contribution in [2.45, 2.75) is 39.0 Å². The van der Waals surface area contributed by atoms with Crippen molar-refractivity contribution in [2.24, 2.45) is 5.92 Å². The maximum absolute atomic E-state index is 12.2. The fraction of sp³-hybridized carbons (Fsp3) is 0.611. The van der Waals surface area contributed by atoms with Gasteiger partial charge in [0.2, 0.25) is 5.91 Å². The number of aryl methyl sites for hydroxylation is 1. The van der Waals surface area contributed by atoms with Gasteiger partial charge >= 0.3 is 0 Å². The smallest absolute Gasteiger partial charge is 0.222 e. The summed E-state index contributed by atoms with van der Waals surface area (Å²) < 4.78 is 0. The van der Waals surface area contributed by atoms with E-state index < -0.39 is 0 Å². The van der Waals surface area contributed by atoms with Crippen LogP contribution in [0.15, 0.2) is 24.3 Å². The molecule has 1 fully saturated rings. The average Bonchev–Trinajstić information content (AvgIpc) is 2.97. The van der Waals surface area contributed by atoms with Gasteiger partial charge in [-0.2, -0.15) is 0 Å². The number of rotatable bonds is 5. The van der Waals surface area contributed by atoms with Crippen molar-refractivity contribution in [3.8, 4) is 0 Å². The maximum Gasteiger partial charge on any atom is 0.222 e. The van der Waals surface area contributed by atoms with Crippen LogP contribution in [-0.4, -0.2) is 37.5 Å². The molecule has 0 spiro atoms. The number of amides is 1. The predicted molar refractivity (Wildman–Crippen MR) is 90.6 cm³/mol. The van der Waals surface area contributed by atoms with E-state index in [0.717, 1.165) is 26.1 Å². The Morgan fingerprint density at radius 3 is 2.32 bits per heavy atom. The molecular weight excluding hydrogens is 274 g/mol. The van der Waals surface area contributed by atoms with E-state index in [1.807, 2.05) is 11.9 Å². The average molecular weight is 303 g/mol.